The summed E-state index contributed by atoms with van der Waals surface area (Å²) in [4.78, 5) is 10.1. The number of ether oxygens (including phenoxy) is 1. The minimum atomic E-state index is -0.345. The van der Waals surface area contributed by atoms with Gasteiger partial charge in [0.15, 0.2) is 0 Å². The molecule has 3 nitrogen and oxygen atoms in total. The Labute approximate surface area is 67.7 Å². The Morgan fingerprint density at radius 3 is 2.38 bits per heavy atom. The smallest absolute Gasteiger partial charge is 0.319 e. The van der Waals surface area contributed by atoms with Gasteiger partial charge >= 0.3 is 5.97 Å². The molecule has 0 aromatic heterocycles. The monoisotopic (exact) mass is 193 g/mol. The molecule has 0 atom stereocenters. The number of nitrogens with two attached hydrogens (primary N) is 1. The molecule has 2 N–H and O–H groups in total. The van der Waals surface area contributed by atoms with Gasteiger partial charge in [-0.25, -0.2) is 0 Å². The van der Waals surface area contributed by atoms with Gasteiger partial charge in [0.2, 0.25) is 0 Å². The maximum absolute atomic E-state index is 10.1. The molecule has 0 saturated heterocycles. The van der Waals surface area contributed by atoms with E-state index in [1.54, 1.807) is 6.92 Å². The Morgan fingerprint density at radius 1 is 1.75 bits per heavy atom. The fourth-order valence-corrected chi connectivity index (χ4v) is 0.220. The van der Waals surface area contributed by atoms with E-state index < -0.39 is 0 Å². The van der Waals surface area contributed by atoms with Crippen LogP contribution >= 0.6 is 0 Å². The third kappa shape index (κ3) is 6.31. The number of hydrogen-bond donors (Lipinski definition) is 1. The number of esters is 1. The topological polar surface area (TPSA) is 52.3 Å². The van der Waals surface area contributed by atoms with Crippen LogP contribution in [-0.4, -0.2) is 19.1 Å². The molecule has 0 aliphatic rings. The van der Waals surface area contributed by atoms with Crippen LogP contribution in [0, 0.1) is 0 Å². The summed E-state index contributed by atoms with van der Waals surface area (Å²) in [6.45, 7) is 2.14. The Kier molecular flexibility index (Phi) is 10.2. The van der Waals surface area contributed by atoms with E-state index in [-0.39, 0.29) is 38.7 Å². The van der Waals surface area contributed by atoms with E-state index in [1.165, 1.54) is 0 Å². The molecule has 0 amide bonds. The fourth-order valence-electron chi connectivity index (χ4n) is 0.220. The van der Waals surface area contributed by atoms with E-state index in [9.17, 15) is 4.79 Å². The zero-order valence-corrected chi connectivity index (χ0v) is 7.27. The van der Waals surface area contributed by atoms with Crippen molar-refractivity contribution in [1.82, 2.24) is 0 Å². The molecule has 0 bridgehead atoms. The van der Waals surface area contributed by atoms with Crippen LogP contribution in [0.2, 0.25) is 0 Å². The molecule has 46 valence electrons. The predicted molar refractivity (Wildman–Crippen MR) is 25.7 cm³/mol. The van der Waals surface area contributed by atoms with Gasteiger partial charge in [0.1, 0.15) is 0 Å². The largest absolute Gasteiger partial charge is 0.465 e. The standard InChI is InChI=1S/C4H9NO2.Zr/c1-2-7-4(6)3-5;/h2-3,5H2,1H3;. The second-order valence-corrected chi connectivity index (χ2v) is 1.01. The van der Waals surface area contributed by atoms with Crippen LogP contribution in [0.4, 0.5) is 0 Å². The van der Waals surface area contributed by atoms with Crippen LogP contribution in [0.25, 0.3) is 0 Å². The van der Waals surface area contributed by atoms with Crippen molar-refractivity contribution in [3.05, 3.63) is 0 Å². The van der Waals surface area contributed by atoms with Crippen molar-refractivity contribution in [3.63, 3.8) is 0 Å². The van der Waals surface area contributed by atoms with E-state index in [0.29, 0.717) is 6.61 Å². The minimum Gasteiger partial charge on any atom is -0.465 e. The number of hydrogen-bond acceptors (Lipinski definition) is 3. The summed E-state index contributed by atoms with van der Waals surface area (Å²) < 4.78 is 4.43. The minimum absolute atomic E-state index is 0. The fraction of sp³-hybridized carbons (Fsp3) is 0.750. The predicted octanol–water partition coefficient (Wildman–Crippen LogP) is -0.494. The summed E-state index contributed by atoms with van der Waals surface area (Å²) in [5.74, 6) is -0.345. The van der Waals surface area contributed by atoms with Gasteiger partial charge in [-0.15, -0.1) is 0 Å². The van der Waals surface area contributed by atoms with E-state index in [2.05, 4.69) is 4.74 Å². The van der Waals surface area contributed by atoms with Gasteiger partial charge < -0.3 is 10.5 Å². The first-order chi connectivity index (χ1) is 3.31. The molecule has 0 aliphatic carbocycles. The number of carbonyl (C=O) groups is 1. The number of carbonyl (C=O) groups excluding carboxylic acids is 1. The summed E-state index contributed by atoms with van der Waals surface area (Å²) in [6, 6.07) is 0. The molecule has 0 heterocycles. The van der Waals surface area contributed by atoms with Crippen LogP contribution in [0.15, 0.2) is 0 Å². The third-order valence-electron chi connectivity index (χ3n) is 0.472. The van der Waals surface area contributed by atoms with Gasteiger partial charge in [-0.05, 0) is 6.92 Å². The van der Waals surface area contributed by atoms with Crippen LogP contribution in [0.3, 0.4) is 0 Å². The van der Waals surface area contributed by atoms with Gasteiger partial charge in [0, 0.05) is 26.2 Å². The first-order valence-electron chi connectivity index (χ1n) is 2.17. The van der Waals surface area contributed by atoms with Crippen LogP contribution in [0.1, 0.15) is 6.92 Å². The molecule has 0 radical (unpaired) electrons. The Hall–Kier alpha value is 0.313. The Morgan fingerprint density at radius 2 is 2.25 bits per heavy atom. The van der Waals surface area contributed by atoms with Crippen molar-refractivity contribution in [1.29, 1.82) is 0 Å². The first-order valence-corrected chi connectivity index (χ1v) is 2.17. The normalized spacial score (nSPS) is 7.25. The van der Waals surface area contributed by atoms with Crippen molar-refractivity contribution in [2.45, 2.75) is 6.92 Å². The van der Waals surface area contributed by atoms with E-state index >= 15 is 0 Å². The van der Waals surface area contributed by atoms with Crippen molar-refractivity contribution in [3.8, 4) is 0 Å². The summed E-state index contributed by atoms with van der Waals surface area (Å²) in [5, 5.41) is 0. The average Bonchev–Trinajstić information content (AvgIpc) is 1.68. The van der Waals surface area contributed by atoms with Gasteiger partial charge in [0.05, 0.1) is 13.2 Å². The average molecular weight is 194 g/mol. The summed E-state index contributed by atoms with van der Waals surface area (Å²) in [6.07, 6.45) is 0. The van der Waals surface area contributed by atoms with Gasteiger partial charge in [-0.1, -0.05) is 0 Å². The van der Waals surface area contributed by atoms with E-state index in [0.717, 1.165) is 0 Å². The van der Waals surface area contributed by atoms with Crippen LogP contribution in [-0.2, 0) is 35.7 Å². The Bertz CT molecular complexity index is 67.1. The van der Waals surface area contributed by atoms with Gasteiger partial charge in [-0.2, -0.15) is 0 Å². The molecule has 8 heavy (non-hydrogen) atoms. The van der Waals surface area contributed by atoms with Crippen molar-refractivity contribution >= 4 is 5.97 Å². The molecule has 0 fully saturated rings. The SMILES string of the molecule is CCOC(=O)CN.[Zr]. The maximum atomic E-state index is 10.1. The zero-order chi connectivity index (χ0) is 5.70. The van der Waals surface area contributed by atoms with E-state index in [4.69, 9.17) is 5.73 Å². The summed E-state index contributed by atoms with van der Waals surface area (Å²) in [7, 11) is 0. The Balaban J connectivity index is 0. The summed E-state index contributed by atoms with van der Waals surface area (Å²) in [5.41, 5.74) is 4.88. The summed E-state index contributed by atoms with van der Waals surface area (Å²) >= 11 is 0. The number of rotatable bonds is 2. The molecular weight excluding hydrogens is 185 g/mol. The van der Waals surface area contributed by atoms with Gasteiger partial charge in [0.25, 0.3) is 0 Å². The second kappa shape index (κ2) is 7.31. The van der Waals surface area contributed by atoms with E-state index in [1.807, 2.05) is 0 Å². The maximum Gasteiger partial charge on any atom is 0.319 e. The first kappa shape index (κ1) is 11.2. The molecule has 0 aromatic carbocycles. The van der Waals surface area contributed by atoms with Crippen molar-refractivity contribution < 1.29 is 35.7 Å². The van der Waals surface area contributed by atoms with Crippen LogP contribution < -0.4 is 5.73 Å². The molecule has 0 aliphatic heterocycles. The zero-order valence-electron chi connectivity index (χ0n) is 4.81. The second-order valence-electron chi connectivity index (χ2n) is 1.01. The third-order valence-corrected chi connectivity index (χ3v) is 0.472. The molecular formula is C4H9NO2Zr. The van der Waals surface area contributed by atoms with Crippen LogP contribution in [0.5, 0.6) is 0 Å². The molecule has 0 unspecified atom stereocenters. The van der Waals surface area contributed by atoms with Crippen molar-refractivity contribution in [2.75, 3.05) is 13.2 Å². The molecule has 0 aromatic rings. The quantitative estimate of drug-likeness (QED) is 0.603. The van der Waals surface area contributed by atoms with Crippen molar-refractivity contribution in [2.24, 2.45) is 5.73 Å². The molecule has 0 rings (SSSR count). The molecule has 0 saturated carbocycles. The molecule has 4 heteroatoms. The molecule has 0 spiro atoms. The van der Waals surface area contributed by atoms with Gasteiger partial charge in [-0.3, -0.25) is 4.79 Å².